The van der Waals surface area contributed by atoms with Crippen LogP contribution in [0.15, 0.2) is 9.98 Å². The lowest BCUT2D eigenvalue weighted by atomic mass is 9.95. The zero-order valence-corrected chi connectivity index (χ0v) is 20.4. The molecule has 32 heavy (non-hydrogen) atoms. The zero-order valence-electron chi connectivity index (χ0n) is 20.4. The van der Waals surface area contributed by atoms with Gasteiger partial charge in [-0.3, -0.25) is 0 Å². The summed E-state index contributed by atoms with van der Waals surface area (Å²) < 4.78 is 0. The SMILES string of the molecule is NN(C(=NC1CCCCC1)NC1CCCCC1)C(=NC1CCCCC1)NC1CCCCC1. The molecule has 4 rings (SSSR count). The van der Waals surface area contributed by atoms with Gasteiger partial charge in [-0.15, -0.1) is 0 Å². The summed E-state index contributed by atoms with van der Waals surface area (Å²) in [6.07, 6.45) is 25.5. The highest BCUT2D eigenvalue weighted by Gasteiger charge is 2.26. The minimum atomic E-state index is 0.395. The van der Waals surface area contributed by atoms with Crippen LogP contribution in [0.1, 0.15) is 128 Å². The number of aliphatic imine (C=N–C) groups is 2. The Balaban J connectivity index is 1.53. The number of nitrogens with two attached hydrogens (primary N) is 1. The average Bonchev–Trinajstić information content (AvgIpc) is 2.85. The molecule has 4 fully saturated rings. The molecule has 0 atom stereocenters. The van der Waals surface area contributed by atoms with Crippen LogP contribution in [0, 0.1) is 0 Å². The van der Waals surface area contributed by atoms with Crippen LogP contribution >= 0.6 is 0 Å². The molecule has 0 amide bonds. The van der Waals surface area contributed by atoms with Crippen molar-refractivity contribution in [2.24, 2.45) is 15.8 Å². The van der Waals surface area contributed by atoms with Gasteiger partial charge in [0.2, 0.25) is 11.9 Å². The monoisotopic (exact) mass is 444 g/mol. The van der Waals surface area contributed by atoms with Crippen LogP contribution in [-0.2, 0) is 0 Å². The van der Waals surface area contributed by atoms with E-state index in [-0.39, 0.29) is 0 Å². The van der Waals surface area contributed by atoms with Gasteiger partial charge in [0.05, 0.1) is 12.1 Å². The molecule has 0 radical (unpaired) electrons. The largest absolute Gasteiger partial charge is 0.352 e. The summed E-state index contributed by atoms with van der Waals surface area (Å²) in [5, 5.41) is 9.39. The van der Waals surface area contributed by atoms with Gasteiger partial charge in [-0.2, -0.15) is 0 Å². The molecule has 182 valence electrons. The maximum Gasteiger partial charge on any atom is 0.216 e. The van der Waals surface area contributed by atoms with Gasteiger partial charge in [0.25, 0.3) is 0 Å². The molecular formula is C26H48N6. The third kappa shape index (κ3) is 7.36. The molecule has 0 saturated heterocycles. The highest BCUT2D eigenvalue weighted by atomic mass is 15.5. The van der Waals surface area contributed by atoms with Crippen molar-refractivity contribution in [3.8, 4) is 0 Å². The number of rotatable bonds is 4. The van der Waals surface area contributed by atoms with E-state index in [1.165, 1.54) is 128 Å². The summed E-state index contributed by atoms with van der Waals surface area (Å²) in [5.74, 6) is 8.60. The van der Waals surface area contributed by atoms with E-state index in [0.29, 0.717) is 24.2 Å². The molecule has 6 nitrogen and oxygen atoms in total. The molecule has 0 aromatic heterocycles. The van der Waals surface area contributed by atoms with E-state index in [4.69, 9.17) is 15.8 Å². The quantitative estimate of drug-likeness (QED) is 0.235. The molecule has 0 aromatic rings. The molecule has 0 spiro atoms. The van der Waals surface area contributed by atoms with Gasteiger partial charge in [-0.1, -0.05) is 77.0 Å². The lowest BCUT2D eigenvalue weighted by molar-refractivity contribution is 0.378. The lowest BCUT2D eigenvalue weighted by Crippen LogP contribution is -2.58. The first-order chi connectivity index (χ1) is 15.8. The van der Waals surface area contributed by atoms with Crippen molar-refractivity contribution in [1.82, 2.24) is 15.6 Å². The smallest absolute Gasteiger partial charge is 0.216 e. The minimum Gasteiger partial charge on any atom is -0.352 e. The topological polar surface area (TPSA) is 78.0 Å². The summed E-state index contributed by atoms with van der Waals surface area (Å²) in [7, 11) is 0. The van der Waals surface area contributed by atoms with Gasteiger partial charge in [-0.05, 0) is 51.4 Å². The molecule has 4 N–H and O–H groups in total. The van der Waals surface area contributed by atoms with Crippen LogP contribution in [-0.4, -0.2) is 41.1 Å². The van der Waals surface area contributed by atoms with E-state index in [0.717, 1.165) is 11.9 Å². The summed E-state index contributed by atoms with van der Waals surface area (Å²) in [6, 6.07) is 1.77. The van der Waals surface area contributed by atoms with Crippen molar-refractivity contribution in [1.29, 1.82) is 0 Å². The van der Waals surface area contributed by atoms with Crippen molar-refractivity contribution < 1.29 is 0 Å². The standard InChI is InChI=1S/C26H48N6/c27-32(25(28-21-13-5-1-6-14-21)29-22-15-7-2-8-16-22)26(30-23-17-9-3-10-18-23)31-24-19-11-4-12-20-24/h21-24H,1-20,27H2,(H,28,29)(H,30,31). The van der Waals surface area contributed by atoms with Gasteiger partial charge in [0.1, 0.15) is 0 Å². The Bertz CT molecular complexity index is 541. The molecular weight excluding hydrogens is 396 g/mol. The summed E-state index contributed by atoms with van der Waals surface area (Å²) in [6.45, 7) is 0. The minimum absolute atomic E-state index is 0.395. The van der Waals surface area contributed by atoms with Crippen LogP contribution in [0.25, 0.3) is 0 Å². The lowest BCUT2D eigenvalue weighted by Gasteiger charge is -2.34. The van der Waals surface area contributed by atoms with Crippen molar-refractivity contribution >= 4 is 11.9 Å². The molecule has 0 heterocycles. The number of nitrogens with zero attached hydrogens (tertiary/aromatic N) is 3. The number of guanidine groups is 2. The molecule has 0 aromatic carbocycles. The molecule has 0 unspecified atom stereocenters. The first-order valence-corrected chi connectivity index (χ1v) is 14.0. The molecule has 0 bridgehead atoms. The second-order valence-corrected chi connectivity index (χ2v) is 10.8. The highest BCUT2D eigenvalue weighted by molar-refractivity contribution is 5.98. The van der Waals surface area contributed by atoms with E-state index in [2.05, 4.69) is 10.6 Å². The predicted molar refractivity (Wildman–Crippen MR) is 135 cm³/mol. The predicted octanol–water partition coefficient (Wildman–Crippen LogP) is 5.38. The third-order valence-corrected chi connectivity index (χ3v) is 8.09. The Morgan fingerprint density at radius 2 is 0.812 bits per heavy atom. The summed E-state index contributed by atoms with van der Waals surface area (Å²) >= 11 is 0. The molecule has 0 aliphatic heterocycles. The molecule has 4 aliphatic rings. The second-order valence-electron chi connectivity index (χ2n) is 10.8. The summed E-state index contributed by atoms with van der Waals surface area (Å²) in [5.41, 5.74) is 0. The normalized spacial score (nSPS) is 26.2. The van der Waals surface area contributed by atoms with E-state index < -0.39 is 0 Å². The van der Waals surface area contributed by atoms with Crippen LogP contribution < -0.4 is 16.5 Å². The second kappa shape index (κ2) is 12.8. The molecule has 4 saturated carbocycles. The zero-order chi connectivity index (χ0) is 22.0. The van der Waals surface area contributed by atoms with Crippen molar-refractivity contribution in [2.45, 2.75) is 153 Å². The van der Waals surface area contributed by atoms with Crippen molar-refractivity contribution in [3.05, 3.63) is 0 Å². The average molecular weight is 445 g/mol. The van der Waals surface area contributed by atoms with Crippen LogP contribution in [0.4, 0.5) is 0 Å². The third-order valence-electron chi connectivity index (χ3n) is 8.09. The van der Waals surface area contributed by atoms with E-state index >= 15 is 0 Å². The Hall–Kier alpha value is -1.30. The number of hydrazine groups is 1. The van der Waals surface area contributed by atoms with Gasteiger partial charge >= 0.3 is 0 Å². The first-order valence-electron chi connectivity index (χ1n) is 14.0. The van der Waals surface area contributed by atoms with Crippen LogP contribution in [0.2, 0.25) is 0 Å². The number of hydrogen-bond donors (Lipinski definition) is 3. The first kappa shape index (κ1) is 23.8. The van der Waals surface area contributed by atoms with Gasteiger partial charge in [-0.25, -0.2) is 20.8 Å². The molecule has 4 aliphatic carbocycles. The summed E-state index contributed by atoms with van der Waals surface area (Å²) in [4.78, 5) is 10.4. The fourth-order valence-corrected chi connectivity index (χ4v) is 6.06. The van der Waals surface area contributed by atoms with E-state index in [1.54, 1.807) is 0 Å². The number of nitrogens with one attached hydrogen (secondary N) is 2. The maximum absolute atomic E-state index is 6.88. The van der Waals surface area contributed by atoms with Gasteiger partial charge < -0.3 is 10.6 Å². The van der Waals surface area contributed by atoms with Crippen molar-refractivity contribution in [2.75, 3.05) is 0 Å². The highest BCUT2D eigenvalue weighted by Crippen LogP contribution is 2.24. The Labute approximate surface area is 196 Å². The van der Waals surface area contributed by atoms with Gasteiger partial charge in [0.15, 0.2) is 0 Å². The fraction of sp³-hybridized carbons (Fsp3) is 0.923. The number of hydrogen-bond acceptors (Lipinski definition) is 3. The Kier molecular flexibility index (Phi) is 9.55. The van der Waals surface area contributed by atoms with E-state index in [9.17, 15) is 0 Å². The van der Waals surface area contributed by atoms with Crippen molar-refractivity contribution in [3.63, 3.8) is 0 Å². The Morgan fingerprint density at radius 1 is 0.500 bits per heavy atom. The molecule has 6 heteroatoms. The van der Waals surface area contributed by atoms with E-state index in [1.807, 2.05) is 5.01 Å². The van der Waals surface area contributed by atoms with Crippen LogP contribution in [0.3, 0.4) is 0 Å². The van der Waals surface area contributed by atoms with Crippen LogP contribution in [0.5, 0.6) is 0 Å². The fourth-order valence-electron chi connectivity index (χ4n) is 6.06. The van der Waals surface area contributed by atoms with Gasteiger partial charge in [0, 0.05) is 12.1 Å². The maximum atomic E-state index is 6.88. The Morgan fingerprint density at radius 3 is 1.16 bits per heavy atom.